The van der Waals surface area contributed by atoms with Crippen molar-refractivity contribution in [3.8, 4) is 5.75 Å². The second-order valence-electron chi connectivity index (χ2n) is 5.43. The summed E-state index contributed by atoms with van der Waals surface area (Å²) in [5.41, 5.74) is 10.3. The Bertz CT molecular complexity index is 594. The minimum Gasteiger partial charge on any atom is -0.491 e. The van der Waals surface area contributed by atoms with E-state index >= 15 is 0 Å². The molecule has 2 aromatic carbocycles. The Kier molecular flexibility index (Phi) is 5.09. The molecule has 2 rings (SSSR count). The number of aryl methyl sites for hydroxylation is 1. The lowest BCUT2D eigenvalue weighted by molar-refractivity contribution is 0.242. The molecule has 0 bridgehead atoms. The van der Waals surface area contributed by atoms with Crippen molar-refractivity contribution in [1.82, 2.24) is 0 Å². The molecule has 0 saturated carbocycles. The van der Waals surface area contributed by atoms with Crippen molar-refractivity contribution >= 4 is 11.4 Å². The molecule has 0 aromatic heterocycles. The van der Waals surface area contributed by atoms with Crippen molar-refractivity contribution in [2.24, 2.45) is 0 Å². The van der Waals surface area contributed by atoms with Gasteiger partial charge in [-0.05, 0) is 37.5 Å². The summed E-state index contributed by atoms with van der Waals surface area (Å²) in [6.45, 7) is 6.98. The summed E-state index contributed by atoms with van der Waals surface area (Å²) < 4.78 is 5.71. The van der Waals surface area contributed by atoms with E-state index < -0.39 is 0 Å². The molecule has 2 aromatic rings. The molecule has 3 nitrogen and oxygen atoms in total. The largest absolute Gasteiger partial charge is 0.491 e. The fourth-order valence-corrected chi connectivity index (χ4v) is 2.34. The van der Waals surface area contributed by atoms with Crippen LogP contribution in [-0.4, -0.2) is 6.10 Å². The molecule has 112 valence electrons. The van der Waals surface area contributed by atoms with Gasteiger partial charge in [0.15, 0.2) is 0 Å². The quantitative estimate of drug-likeness (QED) is 0.780. The fraction of sp³-hybridized carbons (Fsp3) is 0.333. The van der Waals surface area contributed by atoms with Crippen LogP contribution in [0.15, 0.2) is 42.5 Å². The van der Waals surface area contributed by atoms with Gasteiger partial charge in [-0.15, -0.1) is 0 Å². The molecule has 0 fully saturated rings. The molecule has 0 heterocycles. The van der Waals surface area contributed by atoms with E-state index in [0.29, 0.717) is 5.69 Å². The number of anilines is 2. The Labute approximate surface area is 127 Å². The highest BCUT2D eigenvalue weighted by atomic mass is 16.5. The topological polar surface area (TPSA) is 47.3 Å². The standard InChI is InChI=1S/C18H24N2O/c1-4-14-7-5-6-8-15(14)12-20-17-9-16(19)10-18(11-17)21-13(2)3/h5-11,13,20H,4,12,19H2,1-3H3. The Hall–Kier alpha value is -2.16. The first kappa shape index (κ1) is 15.2. The molecule has 0 spiro atoms. The SMILES string of the molecule is CCc1ccccc1CNc1cc(N)cc(OC(C)C)c1. The molecule has 0 saturated heterocycles. The van der Waals surface area contributed by atoms with Crippen LogP contribution in [0.2, 0.25) is 0 Å². The van der Waals surface area contributed by atoms with Gasteiger partial charge in [0.2, 0.25) is 0 Å². The van der Waals surface area contributed by atoms with Crippen molar-refractivity contribution in [3.63, 3.8) is 0 Å². The monoisotopic (exact) mass is 284 g/mol. The van der Waals surface area contributed by atoms with Crippen molar-refractivity contribution in [1.29, 1.82) is 0 Å². The first-order chi connectivity index (χ1) is 10.1. The molecule has 0 amide bonds. The average molecular weight is 284 g/mol. The smallest absolute Gasteiger partial charge is 0.123 e. The van der Waals surface area contributed by atoms with E-state index in [0.717, 1.165) is 24.4 Å². The number of nitrogens with two attached hydrogens (primary N) is 1. The maximum absolute atomic E-state index is 5.94. The van der Waals surface area contributed by atoms with Crippen LogP contribution in [-0.2, 0) is 13.0 Å². The highest BCUT2D eigenvalue weighted by Gasteiger charge is 2.04. The number of hydrogen-bond acceptors (Lipinski definition) is 3. The highest BCUT2D eigenvalue weighted by Crippen LogP contribution is 2.24. The van der Waals surface area contributed by atoms with Crippen LogP contribution < -0.4 is 15.8 Å². The Balaban J connectivity index is 2.10. The van der Waals surface area contributed by atoms with Crippen LogP contribution in [0.1, 0.15) is 31.9 Å². The summed E-state index contributed by atoms with van der Waals surface area (Å²) in [6, 6.07) is 14.3. The summed E-state index contributed by atoms with van der Waals surface area (Å²) in [5, 5.41) is 3.43. The van der Waals surface area contributed by atoms with E-state index in [-0.39, 0.29) is 6.10 Å². The maximum Gasteiger partial charge on any atom is 0.123 e. The summed E-state index contributed by atoms with van der Waals surface area (Å²) in [7, 11) is 0. The molecule has 0 aliphatic heterocycles. The number of nitrogens with one attached hydrogen (secondary N) is 1. The van der Waals surface area contributed by atoms with E-state index in [1.165, 1.54) is 11.1 Å². The zero-order valence-corrected chi connectivity index (χ0v) is 13.0. The van der Waals surface area contributed by atoms with Crippen molar-refractivity contribution in [2.45, 2.75) is 39.8 Å². The Morgan fingerprint density at radius 2 is 1.81 bits per heavy atom. The van der Waals surface area contributed by atoms with E-state index in [4.69, 9.17) is 10.5 Å². The van der Waals surface area contributed by atoms with Crippen molar-refractivity contribution in [3.05, 3.63) is 53.6 Å². The minimum atomic E-state index is 0.139. The van der Waals surface area contributed by atoms with E-state index in [9.17, 15) is 0 Å². The molecule has 0 aliphatic carbocycles. The molecular formula is C18H24N2O. The molecule has 21 heavy (non-hydrogen) atoms. The third kappa shape index (κ3) is 4.42. The molecule has 3 heteroatoms. The average Bonchev–Trinajstić information content (AvgIpc) is 2.44. The molecule has 0 radical (unpaired) electrons. The third-order valence-electron chi connectivity index (χ3n) is 3.28. The van der Waals surface area contributed by atoms with Gasteiger partial charge in [-0.2, -0.15) is 0 Å². The van der Waals surface area contributed by atoms with Gasteiger partial charge in [-0.1, -0.05) is 31.2 Å². The predicted molar refractivity (Wildman–Crippen MR) is 89.8 cm³/mol. The zero-order chi connectivity index (χ0) is 15.2. The first-order valence-electron chi connectivity index (χ1n) is 7.46. The zero-order valence-electron chi connectivity index (χ0n) is 13.0. The second-order valence-corrected chi connectivity index (χ2v) is 5.43. The van der Waals surface area contributed by atoms with Gasteiger partial charge in [0.1, 0.15) is 5.75 Å². The highest BCUT2D eigenvalue weighted by molar-refractivity contribution is 5.59. The van der Waals surface area contributed by atoms with Crippen LogP contribution in [0.25, 0.3) is 0 Å². The summed E-state index contributed by atoms with van der Waals surface area (Å²) in [4.78, 5) is 0. The number of benzene rings is 2. The van der Waals surface area contributed by atoms with Gasteiger partial charge in [0, 0.05) is 30.1 Å². The van der Waals surface area contributed by atoms with E-state index in [1.54, 1.807) is 0 Å². The summed E-state index contributed by atoms with van der Waals surface area (Å²) in [6.07, 6.45) is 1.18. The minimum absolute atomic E-state index is 0.139. The molecule has 0 unspecified atom stereocenters. The van der Waals surface area contributed by atoms with E-state index in [1.807, 2.05) is 32.0 Å². The lowest BCUT2D eigenvalue weighted by Crippen LogP contribution is -2.07. The molecule has 0 atom stereocenters. The Morgan fingerprint density at radius 1 is 1.10 bits per heavy atom. The molecular weight excluding hydrogens is 260 g/mol. The molecule has 0 aliphatic rings. The van der Waals surface area contributed by atoms with E-state index in [2.05, 4.69) is 36.5 Å². The van der Waals surface area contributed by atoms with Crippen molar-refractivity contribution in [2.75, 3.05) is 11.1 Å². The summed E-state index contributed by atoms with van der Waals surface area (Å²) in [5.74, 6) is 0.802. The van der Waals surface area contributed by atoms with Gasteiger partial charge in [0.05, 0.1) is 6.10 Å². The normalized spacial score (nSPS) is 10.7. The van der Waals surface area contributed by atoms with Gasteiger partial charge in [-0.3, -0.25) is 0 Å². The second kappa shape index (κ2) is 7.02. The number of ether oxygens (including phenoxy) is 1. The van der Waals surface area contributed by atoms with Crippen LogP contribution in [0, 0.1) is 0 Å². The lowest BCUT2D eigenvalue weighted by atomic mass is 10.1. The third-order valence-corrected chi connectivity index (χ3v) is 3.28. The van der Waals surface area contributed by atoms with Crippen LogP contribution >= 0.6 is 0 Å². The maximum atomic E-state index is 5.94. The van der Waals surface area contributed by atoms with Crippen LogP contribution in [0.4, 0.5) is 11.4 Å². The Morgan fingerprint density at radius 3 is 2.48 bits per heavy atom. The van der Waals surface area contributed by atoms with Gasteiger partial charge >= 0.3 is 0 Å². The number of rotatable bonds is 6. The van der Waals surface area contributed by atoms with Crippen LogP contribution in [0.3, 0.4) is 0 Å². The predicted octanol–water partition coefficient (Wildman–Crippen LogP) is 4.23. The fourth-order valence-electron chi connectivity index (χ4n) is 2.34. The first-order valence-corrected chi connectivity index (χ1v) is 7.46. The van der Waals surface area contributed by atoms with Crippen LogP contribution in [0.5, 0.6) is 5.75 Å². The van der Waals surface area contributed by atoms with Crippen molar-refractivity contribution < 1.29 is 4.74 Å². The van der Waals surface area contributed by atoms with Gasteiger partial charge in [-0.25, -0.2) is 0 Å². The number of nitrogen functional groups attached to an aromatic ring is 1. The lowest BCUT2D eigenvalue weighted by Gasteiger charge is -2.14. The molecule has 3 N–H and O–H groups in total. The number of hydrogen-bond donors (Lipinski definition) is 2. The van der Waals surface area contributed by atoms with Gasteiger partial charge < -0.3 is 15.8 Å². The van der Waals surface area contributed by atoms with Gasteiger partial charge in [0.25, 0.3) is 0 Å². The summed E-state index contributed by atoms with van der Waals surface area (Å²) >= 11 is 0.